The maximum atomic E-state index is 13.5. The summed E-state index contributed by atoms with van der Waals surface area (Å²) in [6, 6.07) is 17.1. The number of benzene rings is 2. The summed E-state index contributed by atoms with van der Waals surface area (Å²) in [7, 11) is 0. The Morgan fingerprint density at radius 3 is 2.29 bits per heavy atom. The molecule has 0 bridgehead atoms. The number of ether oxygens (including phenoxy) is 1. The first-order chi connectivity index (χ1) is 20.1. The first-order valence-electron chi connectivity index (χ1n) is 14.6. The predicted molar refractivity (Wildman–Crippen MR) is 167 cm³/mol. The lowest BCUT2D eigenvalue weighted by Crippen LogP contribution is -2.56. The normalized spacial score (nSPS) is 17.6. The van der Waals surface area contributed by atoms with E-state index in [1.54, 1.807) is 11.8 Å². The van der Waals surface area contributed by atoms with E-state index in [9.17, 15) is 19.5 Å². The molecule has 4 atom stereocenters. The fourth-order valence-electron chi connectivity index (χ4n) is 5.15. The van der Waals surface area contributed by atoms with Gasteiger partial charge in [0.15, 0.2) is 0 Å². The van der Waals surface area contributed by atoms with E-state index in [-0.39, 0.29) is 30.6 Å². The molecule has 2 aromatic rings. The second kappa shape index (κ2) is 16.5. The topological polar surface area (TPSA) is 120 Å². The van der Waals surface area contributed by atoms with E-state index >= 15 is 0 Å². The summed E-state index contributed by atoms with van der Waals surface area (Å²) in [5, 5.41) is 19.8. The van der Waals surface area contributed by atoms with Crippen LogP contribution in [-0.2, 0) is 27.4 Å². The highest BCUT2D eigenvalue weighted by Gasteiger charge is 2.37. The van der Waals surface area contributed by atoms with Crippen LogP contribution in [0.4, 0.5) is 4.79 Å². The number of likely N-dealkylation sites (tertiary alicyclic amines) is 1. The Hall–Kier alpha value is -3.08. The molecule has 1 saturated heterocycles. The number of hydrogen-bond donors (Lipinski definition) is 4. The summed E-state index contributed by atoms with van der Waals surface area (Å²) in [6.45, 7) is 7.22. The van der Waals surface area contributed by atoms with E-state index in [4.69, 9.17) is 4.74 Å². The van der Waals surface area contributed by atoms with E-state index in [0.29, 0.717) is 18.6 Å². The molecule has 1 fully saturated rings. The Balaban J connectivity index is 1.65. The molecule has 2 aromatic carbocycles. The van der Waals surface area contributed by atoms with E-state index in [1.165, 1.54) is 0 Å². The van der Waals surface area contributed by atoms with E-state index in [2.05, 4.69) is 41.6 Å². The Morgan fingerprint density at radius 2 is 1.67 bits per heavy atom. The highest BCUT2D eigenvalue weighted by atomic mass is 32.2. The summed E-state index contributed by atoms with van der Waals surface area (Å²) in [6.07, 6.45) is 2.66. The molecule has 0 radical (unpaired) electrons. The van der Waals surface area contributed by atoms with Crippen LogP contribution < -0.4 is 16.0 Å². The monoisotopic (exact) mass is 598 g/mol. The van der Waals surface area contributed by atoms with Gasteiger partial charge in [-0.15, -0.1) is 0 Å². The summed E-state index contributed by atoms with van der Waals surface area (Å²) in [4.78, 5) is 41.4. The van der Waals surface area contributed by atoms with Crippen LogP contribution in [0, 0.1) is 0 Å². The second-order valence-electron chi connectivity index (χ2n) is 11.7. The number of aliphatic hydroxyl groups is 1. The van der Waals surface area contributed by atoms with Crippen LogP contribution in [0.3, 0.4) is 0 Å². The number of nitrogens with one attached hydrogen (secondary N) is 3. The van der Waals surface area contributed by atoms with Gasteiger partial charge in [0.2, 0.25) is 11.8 Å². The lowest BCUT2D eigenvalue weighted by molar-refractivity contribution is -0.127. The third kappa shape index (κ3) is 10.6. The van der Waals surface area contributed by atoms with Crippen molar-refractivity contribution in [1.82, 2.24) is 20.9 Å². The maximum Gasteiger partial charge on any atom is 0.408 e. The van der Waals surface area contributed by atoms with Gasteiger partial charge in [-0.2, -0.15) is 11.8 Å². The average Bonchev–Trinajstić information content (AvgIpc) is 3.49. The summed E-state index contributed by atoms with van der Waals surface area (Å²) >= 11 is 1.56. The fraction of sp³-hybridized carbons (Fsp3) is 0.531. The number of alkyl carbamates (subject to hydrolysis) is 1. The van der Waals surface area contributed by atoms with Crippen LogP contribution in [0.1, 0.15) is 51.2 Å². The Labute approximate surface area is 254 Å². The van der Waals surface area contributed by atoms with Crippen LogP contribution in [-0.4, -0.2) is 82.8 Å². The SMILES string of the molecule is CSCC[C@H](NC(=O)OCc1ccccc1)C(=O)N[C@@H](Cc1ccccc1)[C@H](O)CNC(=O)[C@@H]1CCCN1C(C)(C)C. The first kappa shape index (κ1) is 33.4. The molecule has 9 nitrogen and oxygen atoms in total. The van der Waals surface area contributed by atoms with Crippen molar-refractivity contribution >= 4 is 29.7 Å². The summed E-state index contributed by atoms with van der Waals surface area (Å²) in [5.74, 6) is 0.110. The zero-order valence-corrected chi connectivity index (χ0v) is 26.0. The maximum absolute atomic E-state index is 13.5. The van der Waals surface area contributed by atoms with Crippen LogP contribution in [0.25, 0.3) is 0 Å². The molecule has 1 aliphatic rings. The molecular formula is C32H46N4O5S. The molecular weight excluding hydrogens is 552 g/mol. The standard InChI is InChI=1S/C32H46N4O5S/c1-32(2,3)36-18-11-16-27(36)30(39)33-21-28(37)26(20-23-12-7-5-8-13-23)34-29(38)25(17-19-42-4)35-31(40)41-22-24-14-9-6-10-15-24/h5-10,12-15,25-28,37H,11,16-22H2,1-4H3,(H,33,39)(H,34,38)(H,35,40)/t25-,26-,27-,28+/m0/s1. The number of aliphatic hydroxyl groups excluding tert-OH is 1. The smallest absolute Gasteiger partial charge is 0.408 e. The Kier molecular flexibility index (Phi) is 13.2. The summed E-state index contributed by atoms with van der Waals surface area (Å²) in [5.41, 5.74) is 1.63. The van der Waals surface area contributed by atoms with Gasteiger partial charge in [0.05, 0.1) is 18.2 Å². The summed E-state index contributed by atoms with van der Waals surface area (Å²) < 4.78 is 5.35. The van der Waals surface area contributed by atoms with E-state index < -0.39 is 30.2 Å². The second-order valence-corrected chi connectivity index (χ2v) is 12.7. The van der Waals surface area contributed by atoms with Crippen molar-refractivity contribution in [3.8, 4) is 0 Å². The van der Waals surface area contributed by atoms with Gasteiger partial charge < -0.3 is 25.8 Å². The van der Waals surface area contributed by atoms with Gasteiger partial charge in [-0.25, -0.2) is 4.79 Å². The number of hydrogen-bond acceptors (Lipinski definition) is 7. The molecule has 10 heteroatoms. The van der Waals surface area contributed by atoms with Gasteiger partial charge in [0, 0.05) is 12.1 Å². The highest BCUT2D eigenvalue weighted by molar-refractivity contribution is 7.98. The van der Waals surface area contributed by atoms with Crippen LogP contribution in [0.15, 0.2) is 60.7 Å². The minimum atomic E-state index is -1.05. The van der Waals surface area contributed by atoms with Crippen molar-refractivity contribution in [2.75, 3.05) is 25.1 Å². The van der Waals surface area contributed by atoms with Crippen molar-refractivity contribution in [3.05, 3.63) is 71.8 Å². The van der Waals surface area contributed by atoms with Crippen molar-refractivity contribution in [2.24, 2.45) is 0 Å². The van der Waals surface area contributed by atoms with Crippen LogP contribution in [0.2, 0.25) is 0 Å². The van der Waals surface area contributed by atoms with Crippen LogP contribution >= 0.6 is 11.8 Å². The van der Waals surface area contributed by atoms with Gasteiger partial charge >= 0.3 is 6.09 Å². The van der Waals surface area contributed by atoms with Crippen LogP contribution in [0.5, 0.6) is 0 Å². The zero-order valence-electron chi connectivity index (χ0n) is 25.2. The third-order valence-corrected chi connectivity index (χ3v) is 8.07. The number of carbonyl (C=O) groups excluding carboxylic acids is 3. The quantitative estimate of drug-likeness (QED) is 0.263. The molecule has 230 valence electrons. The third-order valence-electron chi connectivity index (χ3n) is 7.43. The van der Waals surface area contributed by atoms with Gasteiger partial charge in [-0.05, 0) is 76.1 Å². The highest BCUT2D eigenvalue weighted by Crippen LogP contribution is 2.26. The van der Waals surface area contributed by atoms with E-state index in [1.807, 2.05) is 66.9 Å². The Morgan fingerprint density at radius 1 is 1.02 bits per heavy atom. The number of amides is 3. The van der Waals surface area contributed by atoms with E-state index in [0.717, 1.165) is 30.5 Å². The molecule has 4 N–H and O–H groups in total. The number of rotatable bonds is 14. The van der Waals surface area contributed by atoms with Gasteiger partial charge in [0.25, 0.3) is 0 Å². The average molecular weight is 599 g/mol. The lowest BCUT2D eigenvalue weighted by atomic mass is 10.00. The molecule has 0 aliphatic carbocycles. The molecule has 1 aliphatic heterocycles. The largest absolute Gasteiger partial charge is 0.445 e. The van der Waals surface area contributed by atoms with Gasteiger partial charge in [0.1, 0.15) is 12.6 Å². The lowest BCUT2D eigenvalue weighted by Gasteiger charge is -2.36. The predicted octanol–water partition coefficient (Wildman–Crippen LogP) is 3.50. The molecule has 0 spiro atoms. The number of carbonyl (C=O) groups is 3. The van der Waals surface area contributed by atoms with Crippen molar-refractivity contribution in [1.29, 1.82) is 0 Å². The minimum absolute atomic E-state index is 0.00682. The fourth-order valence-corrected chi connectivity index (χ4v) is 5.63. The minimum Gasteiger partial charge on any atom is -0.445 e. The molecule has 42 heavy (non-hydrogen) atoms. The van der Waals surface area contributed by atoms with Gasteiger partial charge in [-0.3, -0.25) is 14.5 Å². The Bertz CT molecular complexity index is 1130. The molecule has 3 rings (SSSR count). The van der Waals surface area contributed by atoms with Crippen molar-refractivity contribution in [2.45, 2.75) is 82.8 Å². The van der Waals surface area contributed by atoms with Crippen molar-refractivity contribution < 1.29 is 24.2 Å². The zero-order chi connectivity index (χ0) is 30.5. The molecule has 3 amide bonds. The molecule has 1 heterocycles. The molecule has 0 unspecified atom stereocenters. The number of nitrogens with zero attached hydrogens (tertiary/aromatic N) is 1. The molecule has 0 saturated carbocycles. The number of thioether (sulfide) groups is 1. The van der Waals surface area contributed by atoms with Gasteiger partial charge in [-0.1, -0.05) is 60.7 Å². The molecule has 0 aromatic heterocycles. The van der Waals surface area contributed by atoms with Crippen molar-refractivity contribution in [3.63, 3.8) is 0 Å². The first-order valence-corrected chi connectivity index (χ1v) is 16.0.